The second-order valence-electron chi connectivity index (χ2n) is 6.01. The van der Waals surface area contributed by atoms with E-state index in [4.69, 9.17) is 0 Å². The molecule has 4 nitrogen and oxygen atoms in total. The highest BCUT2D eigenvalue weighted by molar-refractivity contribution is 7.89. The van der Waals surface area contributed by atoms with E-state index >= 15 is 0 Å². The zero-order valence-electron chi connectivity index (χ0n) is 13.3. The Morgan fingerprint density at radius 2 is 1.91 bits per heavy atom. The van der Waals surface area contributed by atoms with Crippen molar-refractivity contribution in [2.24, 2.45) is 0 Å². The van der Waals surface area contributed by atoms with E-state index in [-0.39, 0.29) is 17.0 Å². The van der Waals surface area contributed by atoms with Gasteiger partial charge in [-0.2, -0.15) is 0 Å². The van der Waals surface area contributed by atoms with E-state index in [0.717, 1.165) is 0 Å². The number of halogens is 1. The number of piperidine rings is 1. The summed E-state index contributed by atoms with van der Waals surface area (Å²) in [5, 5.41) is 3.15. The Labute approximate surface area is 132 Å². The van der Waals surface area contributed by atoms with Crippen molar-refractivity contribution >= 4 is 10.0 Å². The molecule has 1 N–H and O–H groups in total. The Morgan fingerprint density at radius 3 is 2.45 bits per heavy atom. The van der Waals surface area contributed by atoms with Crippen LogP contribution in [0.3, 0.4) is 0 Å². The maximum absolute atomic E-state index is 14.2. The highest BCUT2D eigenvalue weighted by atomic mass is 32.2. The maximum Gasteiger partial charge on any atom is 0.214 e. The third-order valence-corrected chi connectivity index (χ3v) is 6.57. The maximum atomic E-state index is 14.2. The smallest absolute Gasteiger partial charge is 0.214 e. The number of hydrogen-bond acceptors (Lipinski definition) is 3. The zero-order chi connectivity index (χ0) is 16.2. The SMILES string of the molecule is CCCS(=O)(=O)N1CCC(CNC)(c2ccccc2F)CC1. The summed E-state index contributed by atoms with van der Waals surface area (Å²) in [6.07, 6.45) is 1.89. The molecule has 0 saturated carbocycles. The average molecular weight is 328 g/mol. The zero-order valence-corrected chi connectivity index (χ0v) is 14.1. The van der Waals surface area contributed by atoms with Gasteiger partial charge in [-0.15, -0.1) is 0 Å². The van der Waals surface area contributed by atoms with E-state index in [2.05, 4.69) is 5.32 Å². The summed E-state index contributed by atoms with van der Waals surface area (Å²) in [5.74, 6) is -0.0197. The molecule has 22 heavy (non-hydrogen) atoms. The first-order valence-corrected chi connectivity index (χ1v) is 9.43. The second-order valence-corrected chi connectivity index (χ2v) is 8.09. The number of likely N-dealkylation sites (N-methyl/N-ethyl adjacent to an activating group) is 1. The average Bonchev–Trinajstić information content (AvgIpc) is 2.48. The van der Waals surface area contributed by atoms with Gasteiger partial charge in [0.05, 0.1) is 5.75 Å². The molecule has 0 spiro atoms. The lowest BCUT2D eigenvalue weighted by Crippen LogP contribution is -2.49. The van der Waals surface area contributed by atoms with Crippen molar-refractivity contribution in [3.8, 4) is 0 Å². The van der Waals surface area contributed by atoms with Crippen molar-refractivity contribution in [2.45, 2.75) is 31.6 Å². The van der Waals surface area contributed by atoms with Crippen molar-refractivity contribution in [2.75, 3.05) is 32.4 Å². The van der Waals surface area contributed by atoms with Crippen LogP contribution in [-0.4, -0.2) is 45.2 Å². The Bertz CT molecular complexity index is 596. The molecule has 0 amide bonds. The molecule has 0 atom stereocenters. The molecule has 0 aromatic heterocycles. The van der Waals surface area contributed by atoms with E-state index < -0.39 is 10.0 Å². The van der Waals surface area contributed by atoms with Crippen molar-refractivity contribution in [3.05, 3.63) is 35.6 Å². The molecule has 6 heteroatoms. The summed E-state index contributed by atoms with van der Waals surface area (Å²) in [5.41, 5.74) is 0.357. The summed E-state index contributed by atoms with van der Waals surface area (Å²) in [6.45, 7) is 3.43. The summed E-state index contributed by atoms with van der Waals surface area (Å²) in [7, 11) is -1.32. The van der Waals surface area contributed by atoms with Gasteiger partial charge in [0.25, 0.3) is 0 Å². The second kappa shape index (κ2) is 7.06. The van der Waals surface area contributed by atoms with Gasteiger partial charge in [-0.1, -0.05) is 25.1 Å². The number of sulfonamides is 1. The predicted octanol–water partition coefficient (Wildman–Crippen LogP) is 2.12. The number of rotatable bonds is 6. The van der Waals surface area contributed by atoms with E-state index in [1.807, 2.05) is 26.1 Å². The topological polar surface area (TPSA) is 49.4 Å². The Hall–Kier alpha value is -0.980. The molecule has 0 aliphatic carbocycles. The van der Waals surface area contributed by atoms with Gasteiger partial charge in [-0.3, -0.25) is 0 Å². The van der Waals surface area contributed by atoms with Gasteiger partial charge in [0.1, 0.15) is 5.82 Å². The minimum Gasteiger partial charge on any atom is -0.319 e. The number of benzene rings is 1. The molecule has 0 unspecified atom stereocenters. The number of hydrogen-bond donors (Lipinski definition) is 1. The van der Waals surface area contributed by atoms with Gasteiger partial charge in [0.15, 0.2) is 0 Å². The van der Waals surface area contributed by atoms with Gasteiger partial charge in [0, 0.05) is 25.0 Å². The van der Waals surface area contributed by atoms with E-state index in [9.17, 15) is 12.8 Å². The third kappa shape index (κ3) is 3.50. The monoisotopic (exact) mass is 328 g/mol. The van der Waals surface area contributed by atoms with Crippen LogP contribution < -0.4 is 5.32 Å². The van der Waals surface area contributed by atoms with Crippen molar-refractivity contribution in [1.29, 1.82) is 0 Å². The van der Waals surface area contributed by atoms with Gasteiger partial charge < -0.3 is 5.32 Å². The molecule has 1 heterocycles. The fraction of sp³-hybridized carbons (Fsp3) is 0.625. The molecule has 1 aromatic rings. The van der Waals surface area contributed by atoms with Crippen LogP contribution >= 0.6 is 0 Å². The molecular formula is C16H25FN2O2S. The van der Waals surface area contributed by atoms with Gasteiger partial charge in [-0.25, -0.2) is 17.1 Å². The lowest BCUT2D eigenvalue weighted by atomic mass is 9.73. The minimum atomic E-state index is -3.17. The molecule has 1 aliphatic rings. The Kier molecular flexibility index (Phi) is 5.58. The van der Waals surface area contributed by atoms with E-state index in [1.165, 1.54) is 6.07 Å². The summed E-state index contributed by atoms with van der Waals surface area (Å²) in [4.78, 5) is 0. The normalized spacial score (nSPS) is 19.2. The van der Waals surface area contributed by atoms with Crippen LogP contribution in [0.1, 0.15) is 31.7 Å². The molecule has 0 bridgehead atoms. The number of nitrogens with one attached hydrogen (secondary N) is 1. The van der Waals surface area contributed by atoms with Gasteiger partial charge in [-0.05, 0) is 37.9 Å². The van der Waals surface area contributed by atoms with Crippen LogP contribution in [0.5, 0.6) is 0 Å². The molecule has 1 fully saturated rings. The molecule has 2 rings (SSSR count). The van der Waals surface area contributed by atoms with Crippen LogP contribution in [0.25, 0.3) is 0 Å². The third-order valence-electron chi connectivity index (χ3n) is 4.50. The lowest BCUT2D eigenvalue weighted by molar-refractivity contribution is 0.224. The Balaban J connectivity index is 2.22. The molecular weight excluding hydrogens is 303 g/mol. The lowest BCUT2D eigenvalue weighted by Gasteiger charge is -2.41. The highest BCUT2D eigenvalue weighted by Crippen LogP contribution is 2.37. The summed E-state index contributed by atoms with van der Waals surface area (Å²) < 4.78 is 40.2. The molecule has 0 radical (unpaired) electrons. The molecule has 1 aromatic carbocycles. The number of nitrogens with zero attached hydrogens (tertiary/aromatic N) is 1. The predicted molar refractivity (Wildman–Crippen MR) is 86.9 cm³/mol. The standard InChI is InChI=1S/C16H25FN2O2S/c1-3-12-22(20,21)19-10-8-16(9-11-19,13-18-2)14-6-4-5-7-15(14)17/h4-7,18H,3,8-13H2,1-2H3. The molecule has 1 saturated heterocycles. The molecule has 1 aliphatic heterocycles. The first-order chi connectivity index (χ1) is 10.4. The van der Waals surface area contributed by atoms with Crippen molar-refractivity contribution < 1.29 is 12.8 Å². The van der Waals surface area contributed by atoms with Crippen LogP contribution in [-0.2, 0) is 15.4 Å². The minimum absolute atomic E-state index is 0.186. The highest BCUT2D eigenvalue weighted by Gasteiger charge is 2.40. The Morgan fingerprint density at radius 1 is 1.27 bits per heavy atom. The largest absolute Gasteiger partial charge is 0.319 e. The van der Waals surface area contributed by atoms with Crippen LogP contribution in [0.15, 0.2) is 24.3 Å². The van der Waals surface area contributed by atoms with Crippen molar-refractivity contribution in [3.63, 3.8) is 0 Å². The first kappa shape index (κ1) is 17.4. The fourth-order valence-corrected chi connectivity index (χ4v) is 4.86. The van der Waals surface area contributed by atoms with E-state index in [0.29, 0.717) is 44.5 Å². The van der Waals surface area contributed by atoms with Crippen LogP contribution in [0.2, 0.25) is 0 Å². The van der Waals surface area contributed by atoms with Crippen LogP contribution in [0.4, 0.5) is 4.39 Å². The van der Waals surface area contributed by atoms with Gasteiger partial charge in [0.2, 0.25) is 10.0 Å². The summed E-state index contributed by atoms with van der Waals surface area (Å²) in [6, 6.07) is 6.83. The molecule has 124 valence electrons. The quantitative estimate of drug-likeness (QED) is 0.870. The van der Waals surface area contributed by atoms with Gasteiger partial charge >= 0.3 is 0 Å². The van der Waals surface area contributed by atoms with Crippen LogP contribution in [0, 0.1) is 5.82 Å². The first-order valence-electron chi connectivity index (χ1n) is 7.82. The summed E-state index contributed by atoms with van der Waals surface area (Å²) >= 11 is 0. The van der Waals surface area contributed by atoms with Crippen molar-refractivity contribution in [1.82, 2.24) is 9.62 Å². The van der Waals surface area contributed by atoms with E-state index in [1.54, 1.807) is 10.4 Å². The fourth-order valence-electron chi connectivity index (χ4n) is 3.35.